The monoisotopic (exact) mass is 224 g/mol. The van der Waals surface area contributed by atoms with Gasteiger partial charge in [0.25, 0.3) is 0 Å². The molecule has 0 aliphatic carbocycles. The van der Waals surface area contributed by atoms with Crippen molar-refractivity contribution in [3.8, 4) is 0 Å². The third-order valence-corrected chi connectivity index (χ3v) is 2.28. The lowest BCUT2D eigenvalue weighted by atomic mass is 10.1. The second kappa shape index (κ2) is 5.37. The van der Waals surface area contributed by atoms with Crippen LogP contribution >= 0.6 is 0 Å². The summed E-state index contributed by atoms with van der Waals surface area (Å²) in [7, 11) is 1.62. The van der Waals surface area contributed by atoms with Gasteiger partial charge in [-0.3, -0.25) is 0 Å². The summed E-state index contributed by atoms with van der Waals surface area (Å²) < 4.78 is 5.07. The lowest BCUT2D eigenvalue weighted by Crippen LogP contribution is -2.18. The van der Waals surface area contributed by atoms with E-state index in [1.165, 1.54) is 6.07 Å². The lowest BCUT2D eigenvalue weighted by molar-refractivity contribution is 0.0698. The van der Waals surface area contributed by atoms with Crippen LogP contribution in [0.25, 0.3) is 0 Å². The summed E-state index contributed by atoms with van der Waals surface area (Å²) in [5, 5.41) is 12.0. The minimum atomic E-state index is -1.03. The molecule has 1 unspecified atom stereocenters. The summed E-state index contributed by atoms with van der Waals surface area (Å²) in [5.41, 5.74) is 6.63. The normalized spacial score (nSPS) is 12.1. The van der Waals surface area contributed by atoms with E-state index in [-0.39, 0.29) is 17.4 Å². The van der Waals surface area contributed by atoms with E-state index in [0.29, 0.717) is 6.54 Å². The van der Waals surface area contributed by atoms with Crippen molar-refractivity contribution in [2.45, 2.75) is 13.0 Å². The van der Waals surface area contributed by atoms with Crippen LogP contribution in [0.2, 0.25) is 0 Å². The van der Waals surface area contributed by atoms with E-state index in [4.69, 9.17) is 15.6 Å². The standard InChI is InChI=1S/C11H16N2O3/c1-7(16-2)6-13-8-3-4-10(12)9(5-8)11(14)15/h3-5,7,13H,6,12H2,1-2H3,(H,14,15). The van der Waals surface area contributed by atoms with Crippen LogP contribution in [0.4, 0.5) is 11.4 Å². The fraction of sp³-hybridized carbons (Fsp3) is 0.364. The van der Waals surface area contributed by atoms with Crippen LogP contribution in [0.15, 0.2) is 18.2 Å². The van der Waals surface area contributed by atoms with Crippen molar-refractivity contribution in [3.63, 3.8) is 0 Å². The largest absolute Gasteiger partial charge is 0.478 e. The Morgan fingerprint density at radius 1 is 1.62 bits per heavy atom. The number of nitrogens with two attached hydrogens (primary N) is 1. The molecule has 0 aliphatic rings. The third-order valence-electron chi connectivity index (χ3n) is 2.28. The first-order valence-electron chi connectivity index (χ1n) is 4.94. The fourth-order valence-electron chi connectivity index (χ4n) is 1.20. The van der Waals surface area contributed by atoms with Crippen LogP contribution < -0.4 is 11.1 Å². The van der Waals surface area contributed by atoms with Gasteiger partial charge >= 0.3 is 5.97 Å². The minimum Gasteiger partial charge on any atom is -0.478 e. The number of carboxylic acid groups (broad SMARTS) is 1. The number of nitrogens with one attached hydrogen (secondary N) is 1. The number of methoxy groups -OCH3 is 1. The molecule has 1 rings (SSSR count). The number of aromatic carboxylic acids is 1. The summed E-state index contributed by atoms with van der Waals surface area (Å²) >= 11 is 0. The molecule has 1 aromatic rings. The number of rotatable bonds is 5. The molecule has 0 aromatic heterocycles. The molecule has 0 bridgehead atoms. The SMILES string of the molecule is COC(C)CNc1ccc(N)c(C(=O)O)c1. The van der Waals surface area contributed by atoms with E-state index in [0.717, 1.165) is 5.69 Å². The van der Waals surface area contributed by atoms with Gasteiger partial charge < -0.3 is 20.9 Å². The zero-order chi connectivity index (χ0) is 12.1. The maximum absolute atomic E-state index is 10.8. The number of benzene rings is 1. The first-order chi connectivity index (χ1) is 7.54. The highest BCUT2D eigenvalue weighted by molar-refractivity contribution is 5.94. The smallest absolute Gasteiger partial charge is 0.337 e. The molecule has 1 atom stereocenters. The molecular weight excluding hydrogens is 208 g/mol. The van der Waals surface area contributed by atoms with Gasteiger partial charge in [0.1, 0.15) is 0 Å². The summed E-state index contributed by atoms with van der Waals surface area (Å²) in [6, 6.07) is 4.83. The van der Waals surface area contributed by atoms with Crippen molar-refractivity contribution >= 4 is 17.3 Å². The maximum atomic E-state index is 10.8. The van der Waals surface area contributed by atoms with E-state index in [1.54, 1.807) is 19.2 Å². The first kappa shape index (κ1) is 12.3. The molecule has 0 amide bonds. The fourth-order valence-corrected chi connectivity index (χ4v) is 1.20. The Morgan fingerprint density at radius 3 is 2.88 bits per heavy atom. The van der Waals surface area contributed by atoms with Crippen LogP contribution in [0.1, 0.15) is 17.3 Å². The molecular formula is C11H16N2O3. The Hall–Kier alpha value is -1.75. The quantitative estimate of drug-likeness (QED) is 0.658. The van der Waals surface area contributed by atoms with E-state index >= 15 is 0 Å². The van der Waals surface area contributed by atoms with Gasteiger partial charge in [0.05, 0.1) is 11.7 Å². The second-order valence-corrected chi connectivity index (χ2v) is 3.53. The number of carboxylic acids is 1. The molecule has 0 radical (unpaired) electrons. The van der Waals surface area contributed by atoms with Crippen LogP contribution in [-0.2, 0) is 4.74 Å². The molecule has 5 nitrogen and oxygen atoms in total. The molecule has 5 heteroatoms. The van der Waals surface area contributed by atoms with Gasteiger partial charge in [-0.15, -0.1) is 0 Å². The van der Waals surface area contributed by atoms with Crippen LogP contribution in [0, 0.1) is 0 Å². The third kappa shape index (κ3) is 3.13. The highest BCUT2D eigenvalue weighted by atomic mass is 16.5. The van der Waals surface area contributed by atoms with Crippen molar-refractivity contribution in [3.05, 3.63) is 23.8 Å². The highest BCUT2D eigenvalue weighted by Gasteiger charge is 2.08. The molecule has 0 aliphatic heterocycles. The van der Waals surface area contributed by atoms with Gasteiger partial charge in [0.2, 0.25) is 0 Å². The van der Waals surface area contributed by atoms with Crippen molar-refractivity contribution in [2.75, 3.05) is 24.7 Å². The van der Waals surface area contributed by atoms with Gasteiger partial charge in [-0.1, -0.05) is 0 Å². The van der Waals surface area contributed by atoms with E-state index in [1.807, 2.05) is 6.92 Å². The molecule has 0 fully saturated rings. The van der Waals surface area contributed by atoms with Gasteiger partial charge in [-0.25, -0.2) is 4.79 Å². The number of hydrogen-bond donors (Lipinski definition) is 3. The van der Waals surface area contributed by atoms with Crippen LogP contribution in [-0.4, -0.2) is 30.8 Å². The van der Waals surface area contributed by atoms with Gasteiger partial charge in [0, 0.05) is 25.0 Å². The molecule has 0 saturated heterocycles. The van der Waals surface area contributed by atoms with Crippen LogP contribution in [0.3, 0.4) is 0 Å². The van der Waals surface area contributed by atoms with Crippen molar-refractivity contribution in [2.24, 2.45) is 0 Å². The van der Waals surface area contributed by atoms with E-state index in [9.17, 15) is 4.79 Å². The molecule has 1 aromatic carbocycles. The predicted molar refractivity (Wildman–Crippen MR) is 62.8 cm³/mol. The Labute approximate surface area is 94.2 Å². The van der Waals surface area contributed by atoms with E-state index < -0.39 is 5.97 Å². The zero-order valence-corrected chi connectivity index (χ0v) is 9.36. The molecule has 0 heterocycles. The second-order valence-electron chi connectivity index (χ2n) is 3.53. The highest BCUT2D eigenvalue weighted by Crippen LogP contribution is 2.17. The molecule has 88 valence electrons. The van der Waals surface area contributed by atoms with Crippen LogP contribution in [0.5, 0.6) is 0 Å². The Kier molecular flexibility index (Phi) is 4.13. The average molecular weight is 224 g/mol. The van der Waals surface area contributed by atoms with Gasteiger partial charge in [0.15, 0.2) is 0 Å². The number of anilines is 2. The average Bonchev–Trinajstić information content (AvgIpc) is 2.27. The lowest BCUT2D eigenvalue weighted by Gasteiger charge is -2.12. The van der Waals surface area contributed by atoms with E-state index in [2.05, 4.69) is 5.32 Å². The molecule has 4 N–H and O–H groups in total. The van der Waals surface area contributed by atoms with Crippen molar-refractivity contribution in [1.29, 1.82) is 0 Å². The predicted octanol–water partition coefficient (Wildman–Crippen LogP) is 1.41. The minimum absolute atomic E-state index is 0.0610. The van der Waals surface area contributed by atoms with Crippen molar-refractivity contribution < 1.29 is 14.6 Å². The molecule has 0 saturated carbocycles. The molecule has 0 spiro atoms. The first-order valence-corrected chi connectivity index (χ1v) is 4.94. The molecule has 16 heavy (non-hydrogen) atoms. The Balaban J connectivity index is 2.75. The summed E-state index contributed by atoms with van der Waals surface area (Å²) in [6.07, 6.45) is 0.0610. The number of hydrogen-bond acceptors (Lipinski definition) is 4. The van der Waals surface area contributed by atoms with Gasteiger partial charge in [-0.05, 0) is 25.1 Å². The number of ether oxygens (including phenoxy) is 1. The van der Waals surface area contributed by atoms with Crippen molar-refractivity contribution in [1.82, 2.24) is 0 Å². The van der Waals surface area contributed by atoms with Gasteiger partial charge in [-0.2, -0.15) is 0 Å². The zero-order valence-electron chi connectivity index (χ0n) is 9.36. The summed E-state index contributed by atoms with van der Waals surface area (Å²) in [6.45, 7) is 2.53. The maximum Gasteiger partial charge on any atom is 0.337 e. The number of nitrogen functional groups attached to an aromatic ring is 1. The summed E-state index contributed by atoms with van der Waals surface area (Å²) in [5.74, 6) is -1.03. The Bertz CT molecular complexity index is 379. The number of carbonyl (C=O) groups is 1. The Morgan fingerprint density at radius 2 is 2.31 bits per heavy atom. The summed E-state index contributed by atoms with van der Waals surface area (Å²) in [4.78, 5) is 10.8. The topological polar surface area (TPSA) is 84.6 Å².